The molecule has 0 aliphatic rings. The topological polar surface area (TPSA) is 50.4 Å². The highest BCUT2D eigenvalue weighted by atomic mass is 19.1. The number of hydrogen-bond donors (Lipinski definition) is 2. The quantitative estimate of drug-likeness (QED) is 0.482. The third-order valence-corrected chi connectivity index (χ3v) is 4.48. The molecular weight excluding hydrogens is 367 g/mol. The molecule has 0 spiro atoms. The van der Waals surface area contributed by atoms with Gasteiger partial charge in [0.25, 0.3) is 5.91 Å². The second-order valence-electron chi connectivity index (χ2n) is 7.86. The van der Waals surface area contributed by atoms with E-state index in [2.05, 4.69) is 10.6 Å². The van der Waals surface area contributed by atoms with Gasteiger partial charge in [0.05, 0.1) is 7.11 Å². The Morgan fingerprint density at radius 3 is 2.24 bits per heavy atom. The van der Waals surface area contributed by atoms with E-state index in [1.807, 2.05) is 59.7 Å². The van der Waals surface area contributed by atoms with E-state index in [1.165, 1.54) is 13.2 Å². The molecule has 5 heteroatoms. The summed E-state index contributed by atoms with van der Waals surface area (Å²) in [5.41, 5.74) is 4.86. The lowest BCUT2D eigenvalue weighted by Gasteiger charge is -2.15. The minimum absolute atomic E-state index is 0.0161. The lowest BCUT2D eigenvalue weighted by atomic mass is 9.94. The van der Waals surface area contributed by atoms with Gasteiger partial charge in [-0.2, -0.15) is 0 Å². The Morgan fingerprint density at radius 1 is 1.00 bits per heavy atom. The van der Waals surface area contributed by atoms with Crippen LogP contribution in [0.5, 0.6) is 0 Å². The summed E-state index contributed by atoms with van der Waals surface area (Å²) in [7, 11) is 1.48. The molecule has 0 atom stereocenters. The number of halogens is 1. The molecule has 0 radical (unpaired) electrons. The van der Waals surface area contributed by atoms with E-state index in [4.69, 9.17) is 4.74 Å². The van der Waals surface area contributed by atoms with Gasteiger partial charge in [-0.1, -0.05) is 12.1 Å². The predicted molar refractivity (Wildman–Crippen MR) is 118 cm³/mol. The van der Waals surface area contributed by atoms with E-state index in [0.717, 1.165) is 27.9 Å². The molecule has 0 fully saturated rings. The average Bonchev–Trinajstić information content (AvgIpc) is 2.61. The smallest absolute Gasteiger partial charge is 0.286 e. The van der Waals surface area contributed by atoms with Crippen molar-refractivity contribution in [1.29, 1.82) is 0 Å². The van der Waals surface area contributed by atoms with Gasteiger partial charge in [0.2, 0.25) is 0 Å². The van der Waals surface area contributed by atoms with E-state index < -0.39 is 0 Å². The standard InChI is InChI=1S/C24H31FN2O2/c1-14(2)26-19-8-9-20(22(25)13-19)21-11-16(5)18(10-17(21)6)12-23(29-7)24(28)27-15(3)4/h8-15,26H,1-7H3,(H,27,28). The maximum Gasteiger partial charge on any atom is 0.286 e. The highest BCUT2D eigenvalue weighted by molar-refractivity contribution is 5.96. The molecule has 156 valence electrons. The maximum absolute atomic E-state index is 14.8. The zero-order valence-corrected chi connectivity index (χ0v) is 18.3. The molecule has 2 aromatic carbocycles. The van der Waals surface area contributed by atoms with Crippen molar-refractivity contribution < 1.29 is 13.9 Å². The Labute approximate surface area is 173 Å². The summed E-state index contributed by atoms with van der Waals surface area (Å²) in [5.74, 6) is -0.289. The summed E-state index contributed by atoms with van der Waals surface area (Å²) in [6.07, 6.45) is 1.72. The molecule has 0 aromatic heterocycles. The molecule has 0 aliphatic carbocycles. The second-order valence-corrected chi connectivity index (χ2v) is 7.86. The van der Waals surface area contributed by atoms with Gasteiger partial charge in [-0.05, 0) is 88.1 Å². The first-order chi connectivity index (χ1) is 13.6. The van der Waals surface area contributed by atoms with Crippen molar-refractivity contribution in [2.75, 3.05) is 12.4 Å². The molecule has 0 heterocycles. The van der Waals surface area contributed by atoms with Gasteiger partial charge in [-0.15, -0.1) is 0 Å². The molecule has 4 nitrogen and oxygen atoms in total. The highest BCUT2D eigenvalue weighted by Gasteiger charge is 2.14. The minimum Gasteiger partial charge on any atom is -0.491 e. The van der Waals surface area contributed by atoms with Gasteiger partial charge < -0.3 is 15.4 Å². The van der Waals surface area contributed by atoms with Crippen molar-refractivity contribution in [3.63, 3.8) is 0 Å². The number of nitrogens with one attached hydrogen (secondary N) is 2. The molecule has 1 amide bonds. The number of amides is 1. The summed E-state index contributed by atoms with van der Waals surface area (Å²) in [6, 6.07) is 9.36. The molecule has 0 saturated heterocycles. The van der Waals surface area contributed by atoms with Crippen LogP contribution in [0.3, 0.4) is 0 Å². The number of carbonyl (C=O) groups excluding carboxylic acids is 1. The van der Waals surface area contributed by atoms with Gasteiger partial charge in [0, 0.05) is 23.3 Å². The Balaban J connectivity index is 2.41. The van der Waals surface area contributed by atoms with E-state index in [1.54, 1.807) is 12.1 Å². The fourth-order valence-electron chi connectivity index (χ4n) is 3.13. The van der Waals surface area contributed by atoms with Gasteiger partial charge in [0.15, 0.2) is 5.76 Å². The van der Waals surface area contributed by atoms with Crippen LogP contribution >= 0.6 is 0 Å². The number of carbonyl (C=O) groups is 1. The minimum atomic E-state index is -0.268. The number of aryl methyl sites for hydroxylation is 2. The molecule has 0 bridgehead atoms. The third-order valence-electron chi connectivity index (χ3n) is 4.48. The van der Waals surface area contributed by atoms with Crippen molar-refractivity contribution in [2.24, 2.45) is 0 Å². The van der Waals surface area contributed by atoms with Crippen LogP contribution in [0, 0.1) is 19.7 Å². The van der Waals surface area contributed by atoms with Crippen LogP contribution in [-0.2, 0) is 9.53 Å². The van der Waals surface area contributed by atoms with Crippen LogP contribution in [0.2, 0.25) is 0 Å². The molecule has 2 N–H and O–H groups in total. The SMILES string of the molecule is COC(=Cc1cc(C)c(-c2ccc(NC(C)C)cc2F)cc1C)C(=O)NC(C)C. The first-order valence-electron chi connectivity index (χ1n) is 9.86. The van der Waals surface area contributed by atoms with E-state index in [-0.39, 0.29) is 29.6 Å². The Morgan fingerprint density at radius 2 is 1.69 bits per heavy atom. The number of ether oxygens (including phenoxy) is 1. The predicted octanol–water partition coefficient (Wildman–Crippen LogP) is 5.44. The molecule has 0 unspecified atom stereocenters. The van der Waals surface area contributed by atoms with Gasteiger partial charge in [-0.3, -0.25) is 4.79 Å². The summed E-state index contributed by atoms with van der Waals surface area (Å²) in [4.78, 5) is 12.3. The van der Waals surface area contributed by atoms with Crippen molar-refractivity contribution >= 4 is 17.7 Å². The van der Waals surface area contributed by atoms with Crippen molar-refractivity contribution in [2.45, 2.75) is 53.6 Å². The van der Waals surface area contributed by atoms with Crippen LogP contribution in [0.25, 0.3) is 17.2 Å². The molecule has 0 saturated carbocycles. The number of benzene rings is 2. The van der Waals surface area contributed by atoms with Crippen LogP contribution in [0.4, 0.5) is 10.1 Å². The molecule has 2 aromatic rings. The number of methoxy groups -OCH3 is 1. The summed E-state index contributed by atoms with van der Waals surface area (Å²) in [6.45, 7) is 11.7. The zero-order chi connectivity index (χ0) is 21.7. The lowest BCUT2D eigenvalue weighted by molar-refractivity contribution is -0.120. The van der Waals surface area contributed by atoms with Crippen LogP contribution in [-0.4, -0.2) is 25.1 Å². The molecule has 29 heavy (non-hydrogen) atoms. The Hall–Kier alpha value is -2.82. The highest BCUT2D eigenvalue weighted by Crippen LogP contribution is 2.31. The largest absolute Gasteiger partial charge is 0.491 e. The maximum atomic E-state index is 14.8. The molecular formula is C24H31FN2O2. The average molecular weight is 399 g/mol. The number of rotatable bonds is 7. The third kappa shape index (κ3) is 5.83. The fourth-order valence-corrected chi connectivity index (χ4v) is 3.13. The van der Waals surface area contributed by atoms with Crippen molar-refractivity contribution in [3.05, 3.63) is 58.6 Å². The first-order valence-corrected chi connectivity index (χ1v) is 9.86. The van der Waals surface area contributed by atoms with E-state index >= 15 is 0 Å². The van der Waals surface area contributed by atoms with Crippen molar-refractivity contribution in [1.82, 2.24) is 5.32 Å². The summed E-state index contributed by atoms with van der Waals surface area (Å²) < 4.78 is 20.0. The van der Waals surface area contributed by atoms with Crippen molar-refractivity contribution in [3.8, 4) is 11.1 Å². The van der Waals surface area contributed by atoms with Crippen LogP contribution < -0.4 is 10.6 Å². The second kappa shape index (κ2) is 9.59. The van der Waals surface area contributed by atoms with Crippen LogP contribution in [0.15, 0.2) is 36.1 Å². The van der Waals surface area contributed by atoms with Gasteiger partial charge in [0.1, 0.15) is 5.82 Å². The lowest BCUT2D eigenvalue weighted by Crippen LogP contribution is -2.31. The molecule has 2 rings (SSSR count). The Bertz CT molecular complexity index is 917. The van der Waals surface area contributed by atoms with E-state index in [9.17, 15) is 9.18 Å². The summed E-state index contributed by atoms with van der Waals surface area (Å²) >= 11 is 0. The normalized spacial score (nSPS) is 11.7. The van der Waals surface area contributed by atoms with Gasteiger partial charge >= 0.3 is 0 Å². The number of anilines is 1. The zero-order valence-electron chi connectivity index (χ0n) is 18.3. The number of hydrogen-bond acceptors (Lipinski definition) is 3. The van der Waals surface area contributed by atoms with Gasteiger partial charge in [-0.25, -0.2) is 4.39 Å². The fraction of sp³-hybridized carbons (Fsp3) is 0.375. The van der Waals surface area contributed by atoms with E-state index in [0.29, 0.717) is 5.56 Å². The van der Waals surface area contributed by atoms with Crippen LogP contribution in [0.1, 0.15) is 44.4 Å². The summed E-state index contributed by atoms with van der Waals surface area (Å²) in [5, 5.41) is 6.04. The monoisotopic (exact) mass is 398 g/mol. The molecule has 0 aliphatic heterocycles. The first kappa shape index (κ1) is 22.5. The Kier molecular flexibility index (Phi) is 7.43.